The second kappa shape index (κ2) is 9.00. The minimum atomic E-state index is 0.0127. The Morgan fingerprint density at radius 2 is 1.70 bits per heavy atom. The minimum Gasteiger partial charge on any atom is -0.378 e. The fraction of sp³-hybridized carbons (Fsp3) is 0.381. The number of urea groups is 1. The minimum absolute atomic E-state index is 0.0127. The van der Waals surface area contributed by atoms with Crippen molar-refractivity contribution in [2.45, 2.75) is 6.42 Å². The Hall–Kier alpha value is -2.40. The van der Waals surface area contributed by atoms with Crippen LogP contribution in [0.1, 0.15) is 5.56 Å². The normalized spacial score (nSPS) is 14.2. The van der Waals surface area contributed by atoms with Gasteiger partial charge in [0.15, 0.2) is 0 Å². The van der Waals surface area contributed by atoms with Gasteiger partial charge in [-0.25, -0.2) is 4.79 Å². The van der Waals surface area contributed by atoms with Crippen molar-refractivity contribution in [2.24, 2.45) is 0 Å². The number of piperazine rings is 1. The average Bonchev–Trinajstić information content (AvgIpc) is 2.69. The number of nitrogens with zero attached hydrogens (tertiary/aromatic N) is 3. The zero-order chi connectivity index (χ0) is 19.2. The summed E-state index contributed by atoms with van der Waals surface area (Å²) in [6.07, 6.45) is 0.832. The summed E-state index contributed by atoms with van der Waals surface area (Å²) in [5, 5.41) is 3.80. The summed E-state index contributed by atoms with van der Waals surface area (Å²) >= 11 is 6.27. The van der Waals surface area contributed by atoms with Crippen LogP contribution in [0.4, 0.5) is 16.2 Å². The number of carbonyl (C=O) groups is 1. The molecule has 0 spiro atoms. The van der Waals surface area contributed by atoms with Crippen molar-refractivity contribution in [1.29, 1.82) is 0 Å². The monoisotopic (exact) mass is 386 g/mol. The molecule has 1 heterocycles. The quantitative estimate of drug-likeness (QED) is 0.855. The van der Waals surface area contributed by atoms with E-state index in [1.54, 1.807) is 0 Å². The number of hydrogen-bond donors (Lipinski definition) is 1. The first-order chi connectivity index (χ1) is 13.0. The molecule has 144 valence electrons. The highest BCUT2D eigenvalue weighted by Gasteiger charge is 2.21. The van der Waals surface area contributed by atoms with Gasteiger partial charge in [0, 0.05) is 52.5 Å². The SMILES string of the molecule is CN(C)c1ccc(CCNC(=O)N2CCN(c3ccccc3Cl)CC2)cc1. The van der Waals surface area contributed by atoms with E-state index in [4.69, 9.17) is 11.6 Å². The zero-order valence-corrected chi connectivity index (χ0v) is 16.7. The van der Waals surface area contributed by atoms with Crippen LogP contribution in [0.15, 0.2) is 48.5 Å². The Morgan fingerprint density at radius 1 is 1.04 bits per heavy atom. The van der Waals surface area contributed by atoms with Gasteiger partial charge in [-0.05, 0) is 36.2 Å². The molecule has 2 aromatic carbocycles. The van der Waals surface area contributed by atoms with Crippen LogP contribution in [0.2, 0.25) is 5.02 Å². The lowest BCUT2D eigenvalue weighted by atomic mass is 10.1. The molecule has 0 aliphatic carbocycles. The number of hydrogen-bond acceptors (Lipinski definition) is 3. The molecule has 1 fully saturated rings. The van der Waals surface area contributed by atoms with E-state index in [1.165, 1.54) is 11.3 Å². The molecule has 3 rings (SSSR count). The van der Waals surface area contributed by atoms with E-state index in [2.05, 4.69) is 39.4 Å². The first kappa shape index (κ1) is 19.4. The van der Waals surface area contributed by atoms with Gasteiger partial charge in [0.2, 0.25) is 0 Å². The van der Waals surface area contributed by atoms with E-state index in [-0.39, 0.29) is 6.03 Å². The van der Waals surface area contributed by atoms with Crippen molar-refractivity contribution in [3.8, 4) is 0 Å². The lowest BCUT2D eigenvalue weighted by molar-refractivity contribution is 0.194. The molecule has 27 heavy (non-hydrogen) atoms. The van der Waals surface area contributed by atoms with Gasteiger partial charge in [-0.2, -0.15) is 0 Å². The number of rotatable bonds is 5. The summed E-state index contributed by atoms with van der Waals surface area (Å²) in [4.78, 5) is 18.6. The predicted octanol–water partition coefficient (Wildman–Crippen LogP) is 3.48. The third kappa shape index (κ3) is 5.07. The fourth-order valence-corrected chi connectivity index (χ4v) is 3.50. The highest BCUT2D eigenvalue weighted by molar-refractivity contribution is 6.33. The molecule has 0 atom stereocenters. The van der Waals surface area contributed by atoms with E-state index in [9.17, 15) is 4.79 Å². The molecule has 1 aliphatic heterocycles. The zero-order valence-electron chi connectivity index (χ0n) is 16.0. The maximum absolute atomic E-state index is 12.4. The molecular formula is C21H27ClN4O. The summed E-state index contributed by atoms with van der Waals surface area (Å²) in [5.74, 6) is 0. The summed E-state index contributed by atoms with van der Waals surface area (Å²) in [7, 11) is 4.06. The first-order valence-corrected chi connectivity index (χ1v) is 9.71. The molecule has 2 amide bonds. The third-order valence-corrected chi connectivity index (χ3v) is 5.22. The Bertz CT molecular complexity index is 755. The smallest absolute Gasteiger partial charge is 0.317 e. The van der Waals surface area contributed by atoms with Crippen LogP contribution < -0.4 is 15.1 Å². The van der Waals surface area contributed by atoms with Gasteiger partial charge in [-0.15, -0.1) is 0 Å². The van der Waals surface area contributed by atoms with Crippen LogP contribution in [-0.4, -0.2) is 57.8 Å². The van der Waals surface area contributed by atoms with Crippen molar-refractivity contribution < 1.29 is 4.79 Å². The van der Waals surface area contributed by atoms with Crippen molar-refractivity contribution in [3.63, 3.8) is 0 Å². The Morgan fingerprint density at radius 3 is 2.33 bits per heavy atom. The maximum Gasteiger partial charge on any atom is 0.317 e. The third-order valence-electron chi connectivity index (χ3n) is 4.90. The van der Waals surface area contributed by atoms with Crippen molar-refractivity contribution >= 4 is 29.0 Å². The summed E-state index contributed by atoms with van der Waals surface area (Å²) in [5.41, 5.74) is 3.45. The number of para-hydroxylation sites is 1. The highest BCUT2D eigenvalue weighted by Crippen LogP contribution is 2.26. The van der Waals surface area contributed by atoms with E-state index in [0.717, 1.165) is 30.2 Å². The van der Waals surface area contributed by atoms with Gasteiger partial charge in [-0.1, -0.05) is 35.9 Å². The Labute approximate surface area is 166 Å². The molecule has 5 nitrogen and oxygen atoms in total. The Kier molecular flexibility index (Phi) is 6.45. The van der Waals surface area contributed by atoms with E-state index >= 15 is 0 Å². The summed E-state index contributed by atoms with van der Waals surface area (Å²) in [6.45, 7) is 3.64. The first-order valence-electron chi connectivity index (χ1n) is 9.33. The Balaban J connectivity index is 1.42. The fourth-order valence-electron chi connectivity index (χ4n) is 3.24. The lowest BCUT2D eigenvalue weighted by Crippen LogP contribution is -2.52. The second-order valence-corrected chi connectivity index (χ2v) is 7.38. The van der Waals surface area contributed by atoms with E-state index < -0.39 is 0 Å². The van der Waals surface area contributed by atoms with E-state index in [0.29, 0.717) is 19.6 Å². The summed E-state index contributed by atoms with van der Waals surface area (Å²) < 4.78 is 0. The number of carbonyl (C=O) groups excluding carboxylic acids is 1. The molecule has 0 radical (unpaired) electrons. The number of halogens is 1. The van der Waals surface area contributed by atoms with Gasteiger partial charge >= 0.3 is 6.03 Å². The van der Waals surface area contributed by atoms with Crippen LogP contribution >= 0.6 is 11.6 Å². The molecule has 0 saturated carbocycles. The number of benzene rings is 2. The molecule has 0 aromatic heterocycles. The molecule has 1 aliphatic rings. The van der Waals surface area contributed by atoms with Crippen molar-refractivity contribution in [2.75, 3.05) is 56.6 Å². The standard InChI is InChI=1S/C21H27ClN4O/c1-24(2)18-9-7-17(8-10-18)11-12-23-21(27)26-15-13-25(14-16-26)20-6-4-3-5-19(20)22/h3-10H,11-16H2,1-2H3,(H,23,27). The largest absolute Gasteiger partial charge is 0.378 e. The molecule has 2 aromatic rings. The molecule has 0 unspecified atom stereocenters. The van der Waals surface area contributed by atoms with E-state index in [1.807, 2.05) is 43.3 Å². The topological polar surface area (TPSA) is 38.8 Å². The molecule has 1 N–H and O–H groups in total. The lowest BCUT2D eigenvalue weighted by Gasteiger charge is -2.36. The van der Waals surface area contributed by atoms with Crippen LogP contribution in [0.5, 0.6) is 0 Å². The van der Waals surface area contributed by atoms with Crippen LogP contribution in [-0.2, 0) is 6.42 Å². The number of nitrogens with one attached hydrogen (secondary N) is 1. The number of anilines is 2. The maximum atomic E-state index is 12.4. The van der Waals surface area contributed by atoms with Gasteiger partial charge in [0.25, 0.3) is 0 Å². The number of amides is 2. The molecule has 6 heteroatoms. The molecule has 0 bridgehead atoms. The molecular weight excluding hydrogens is 360 g/mol. The van der Waals surface area contributed by atoms with Crippen LogP contribution in [0.25, 0.3) is 0 Å². The second-order valence-electron chi connectivity index (χ2n) is 6.97. The van der Waals surface area contributed by atoms with Gasteiger partial charge in [-0.3, -0.25) is 0 Å². The van der Waals surface area contributed by atoms with Crippen molar-refractivity contribution in [1.82, 2.24) is 10.2 Å². The van der Waals surface area contributed by atoms with Crippen LogP contribution in [0.3, 0.4) is 0 Å². The molecule has 1 saturated heterocycles. The van der Waals surface area contributed by atoms with Crippen molar-refractivity contribution in [3.05, 3.63) is 59.1 Å². The van der Waals surface area contributed by atoms with Gasteiger partial charge in [0.1, 0.15) is 0 Å². The van der Waals surface area contributed by atoms with Gasteiger partial charge < -0.3 is 20.0 Å². The highest BCUT2D eigenvalue weighted by atomic mass is 35.5. The predicted molar refractivity (Wildman–Crippen MR) is 113 cm³/mol. The summed E-state index contributed by atoms with van der Waals surface area (Å²) in [6, 6.07) is 16.3. The van der Waals surface area contributed by atoms with Gasteiger partial charge in [0.05, 0.1) is 10.7 Å². The van der Waals surface area contributed by atoms with Crippen LogP contribution in [0, 0.1) is 0 Å². The average molecular weight is 387 g/mol.